The fourth-order valence-corrected chi connectivity index (χ4v) is 5.50. The molecule has 1 aliphatic heterocycles. The number of rotatable bonds is 6. The Kier molecular flexibility index (Phi) is 7.00. The van der Waals surface area contributed by atoms with Gasteiger partial charge in [0.05, 0.1) is 5.69 Å². The Labute approximate surface area is 228 Å². The van der Waals surface area contributed by atoms with E-state index in [4.69, 9.17) is 0 Å². The summed E-state index contributed by atoms with van der Waals surface area (Å²) in [6.07, 6.45) is 8.85. The Balaban J connectivity index is 1.24. The normalized spacial score (nSPS) is 17.5. The minimum absolute atomic E-state index is 0.130. The van der Waals surface area contributed by atoms with Crippen molar-refractivity contribution in [3.05, 3.63) is 95.6 Å². The molecule has 4 aromatic rings. The molecule has 1 amide bonds. The summed E-state index contributed by atoms with van der Waals surface area (Å²) in [5.74, 6) is 0.765. The first-order chi connectivity index (χ1) is 19.1. The molecule has 0 saturated carbocycles. The van der Waals surface area contributed by atoms with Crippen LogP contribution < -0.4 is 10.2 Å². The van der Waals surface area contributed by atoms with E-state index >= 15 is 0 Å². The first-order valence-corrected chi connectivity index (χ1v) is 13.4. The average molecular weight is 521 g/mol. The van der Waals surface area contributed by atoms with Crippen LogP contribution in [0.15, 0.2) is 73.3 Å². The Morgan fingerprint density at radius 2 is 1.56 bits per heavy atom. The van der Waals surface area contributed by atoms with Crippen LogP contribution >= 0.6 is 0 Å². The van der Waals surface area contributed by atoms with E-state index in [1.54, 1.807) is 41.8 Å². The molecule has 6 rings (SSSR count). The highest BCUT2D eigenvalue weighted by molar-refractivity contribution is 6.04. The monoisotopic (exact) mass is 520 g/mol. The summed E-state index contributed by atoms with van der Waals surface area (Å²) in [4.78, 5) is 37.8. The molecule has 2 aromatic carbocycles. The van der Waals surface area contributed by atoms with E-state index in [9.17, 15) is 4.79 Å². The molecule has 39 heavy (non-hydrogen) atoms. The summed E-state index contributed by atoms with van der Waals surface area (Å²) in [5.41, 5.74) is 5.76. The van der Waals surface area contributed by atoms with Gasteiger partial charge in [-0.25, -0.2) is 24.8 Å². The number of fused-ring (bicyclic) bond motifs is 1. The van der Waals surface area contributed by atoms with E-state index < -0.39 is 0 Å². The van der Waals surface area contributed by atoms with Crippen LogP contribution in [0.1, 0.15) is 39.5 Å². The Morgan fingerprint density at radius 3 is 2.23 bits per heavy atom. The summed E-state index contributed by atoms with van der Waals surface area (Å²) in [6.45, 7) is 6.40. The number of nitrogens with one attached hydrogen (secondary N) is 1. The maximum atomic E-state index is 13.3. The molecule has 0 spiro atoms. The predicted octanol–water partition coefficient (Wildman–Crippen LogP) is 4.53. The van der Waals surface area contributed by atoms with E-state index in [1.807, 2.05) is 31.2 Å². The lowest BCUT2D eigenvalue weighted by atomic mass is 10.0. The van der Waals surface area contributed by atoms with Crippen LogP contribution in [-0.2, 0) is 6.42 Å². The van der Waals surface area contributed by atoms with Gasteiger partial charge in [-0.15, -0.1) is 0 Å². The number of amides is 1. The van der Waals surface area contributed by atoms with Crippen LogP contribution in [0.25, 0.3) is 0 Å². The first-order valence-electron chi connectivity index (χ1n) is 13.4. The summed E-state index contributed by atoms with van der Waals surface area (Å²) in [6, 6.07) is 16.0. The Bertz CT molecular complexity index is 1420. The standard InChI is InChI=1S/C30H32N8O/c1-21-5-8-24(20-27(21)38(29-31-11-3-12-32-29)30-33-13-4-14-34-30)35-28(39)23-6-9-25-22(19-23)7-10-26(25)37-17-15-36(2)16-18-37/h3-6,8-9,11-14,19-20,26H,7,10,15-18H2,1-2H3,(H,35,39). The fourth-order valence-electron chi connectivity index (χ4n) is 5.50. The third-order valence-corrected chi connectivity index (χ3v) is 7.64. The number of carbonyl (C=O) groups excluding carboxylic acids is 1. The van der Waals surface area contributed by atoms with Crippen LogP contribution in [0.5, 0.6) is 0 Å². The van der Waals surface area contributed by atoms with Crippen molar-refractivity contribution in [3.8, 4) is 0 Å². The van der Waals surface area contributed by atoms with Gasteiger partial charge in [-0.2, -0.15) is 0 Å². The zero-order valence-corrected chi connectivity index (χ0v) is 22.3. The molecule has 3 heterocycles. The lowest BCUT2D eigenvalue weighted by Crippen LogP contribution is -2.45. The van der Waals surface area contributed by atoms with Gasteiger partial charge in [-0.05, 0) is 79.9 Å². The summed E-state index contributed by atoms with van der Waals surface area (Å²) in [7, 11) is 2.18. The number of carbonyl (C=O) groups is 1. The predicted molar refractivity (Wildman–Crippen MR) is 152 cm³/mol. The maximum absolute atomic E-state index is 13.3. The van der Waals surface area contributed by atoms with Crippen molar-refractivity contribution in [1.82, 2.24) is 29.7 Å². The highest BCUT2D eigenvalue weighted by Crippen LogP contribution is 2.37. The number of aryl methyl sites for hydroxylation is 2. The van der Waals surface area contributed by atoms with Crippen molar-refractivity contribution in [1.29, 1.82) is 0 Å². The lowest BCUT2D eigenvalue weighted by Gasteiger charge is -2.36. The molecular weight excluding hydrogens is 488 g/mol. The summed E-state index contributed by atoms with van der Waals surface area (Å²) < 4.78 is 0. The molecule has 1 atom stereocenters. The fraction of sp³-hybridized carbons (Fsp3) is 0.300. The second-order valence-corrected chi connectivity index (χ2v) is 10.2. The topological polar surface area (TPSA) is 90.4 Å². The molecule has 2 aliphatic rings. The van der Waals surface area contributed by atoms with Gasteiger partial charge in [-0.3, -0.25) is 9.69 Å². The van der Waals surface area contributed by atoms with E-state index in [1.165, 1.54) is 11.1 Å². The molecule has 1 N–H and O–H groups in total. The van der Waals surface area contributed by atoms with Gasteiger partial charge >= 0.3 is 0 Å². The van der Waals surface area contributed by atoms with Gasteiger partial charge in [0.1, 0.15) is 0 Å². The number of hydrogen-bond donors (Lipinski definition) is 1. The van der Waals surface area contributed by atoms with Crippen molar-refractivity contribution >= 4 is 29.2 Å². The quantitative estimate of drug-likeness (QED) is 0.397. The second-order valence-electron chi connectivity index (χ2n) is 10.2. The third kappa shape index (κ3) is 5.23. The van der Waals surface area contributed by atoms with E-state index in [2.05, 4.69) is 54.2 Å². The summed E-state index contributed by atoms with van der Waals surface area (Å²) in [5, 5.41) is 3.09. The van der Waals surface area contributed by atoms with Crippen LogP contribution in [-0.4, -0.2) is 68.9 Å². The molecule has 198 valence electrons. The van der Waals surface area contributed by atoms with Crippen LogP contribution in [0, 0.1) is 6.92 Å². The highest BCUT2D eigenvalue weighted by atomic mass is 16.1. The summed E-state index contributed by atoms with van der Waals surface area (Å²) >= 11 is 0. The van der Waals surface area contributed by atoms with Crippen molar-refractivity contribution < 1.29 is 4.79 Å². The number of hydrogen-bond acceptors (Lipinski definition) is 8. The van der Waals surface area contributed by atoms with E-state index in [-0.39, 0.29) is 5.91 Å². The molecular formula is C30H32N8O. The number of piperazine rings is 1. The molecule has 1 fully saturated rings. The lowest BCUT2D eigenvalue weighted by molar-refractivity contribution is 0.102. The van der Waals surface area contributed by atoms with Crippen molar-refractivity contribution in [2.24, 2.45) is 0 Å². The molecule has 1 aliphatic carbocycles. The van der Waals surface area contributed by atoms with Crippen molar-refractivity contribution in [2.75, 3.05) is 43.4 Å². The number of nitrogens with zero attached hydrogens (tertiary/aromatic N) is 7. The van der Waals surface area contributed by atoms with E-state index in [0.29, 0.717) is 29.2 Å². The van der Waals surface area contributed by atoms with Crippen LogP contribution in [0.2, 0.25) is 0 Å². The second kappa shape index (κ2) is 10.9. The molecule has 1 saturated heterocycles. The zero-order chi connectivity index (χ0) is 26.8. The molecule has 0 radical (unpaired) electrons. The Hall–Kier alpha value is -4.21. The number of likely N-dealkylation sites (N-methyl/N-ethyl adjacent to an activating group) is 1. The largest absolute Gasteiger partial charge is 0.322 e. The van der Waals surface area contributed by atoms with Crippen LogP contribution in [0.3, 0.4) is 0 Å². The number of aromatic nitrogens is 4. The van der Waals surface area contributed by atoms with Gasteiger partial charge in [0, 0.05) is 68.3 Å². The van der Waals surface area contributed by atoms with E-state index in [0.717, 1.165) is 50.3 Å². The van der Waals surface area contributed by atoms with Gasteiger partial charge in [0.15, 0.2) is 0 Å². The minimum atomic E-state index is -0.130. The number of benzene rings is 2. The first kappa shape index (κ1) is 25.1. The molecule has 9 heteroatoms. The molecule has 2 aromatic heterocycles. The van der Waals surface area contributed by atoms with Gasteiger partial charge in [0.25, 0.3) is 5.91 Å². The van der Waals surface area contributed by atoms with Gasteiger partial charge < -0.3 is 10.2 Å². The Morgan fingerprint density at radius 1 is 0.897 bits per heavy atom. The minimum Gasteiger partial charge on any atom is -0.322 e. The maximum Gasteiger partial charge on any atom is 0.255 e. The molecule has 0 bridgehead atoms. The van der Waals surface area contributed by atoms with Crippen molar-refractivity contribution in [3.63, 3.8) is 0 Å². The zero-order valence-electron chi connectivity index (χ0n) is 22.3. The number of anilines is 4. The smallest absolute Gasteiger partial charge is 0.255 e. The third-order valence-electron chi connectivity index (χ3n) is 7.64. The van der Waals surface area contributed by atoms with Crippen molar-refractivity contribution in [2.45, 2.75) is 25.8 Å². The van der Waals surface area contributed by atoms with Gasteiger partial charge in [0.2, 0.25) is 11.9 Å². The molecule has 1 unspecified atom stereocenters. The SMILES string of the molecule is Cc1ccc(NC(=O)c2ccc3c(c2)CCC3N2CCN(C)CC2)cc1N(c1ncccn1)c1ncccn1. The van der Waals surface area contributed by atoms with Crippen LogP contribution in [0.4, 0.5) is 23.3 Å². The average Bonchev–Trinajstić information content (AvgIpc) is 3.40. The van der Waals surface area contributed by atoms with Gasteiger partial charge in [-0.1, -0.05) is 12.1 Å². The highest BCUT2D eigenvalue weighted by Gasteiger charge is 2.30. The molecule has 9 nitrogen and oxygen atoms in total.